The van der Waals surface area contributed by atoms with Crippen molar-refractivity contribution in [2.45, 2.75) is 0 Å². The summed E-state index contributed by atoms with van der Waals surface area (Å²) < 4.78 is 0. The third-order valence-corrected chi connectivity index (χ3v) is 0. The summed E-state index contributed by atoms with van der Waals surface area (Å²) in [5, 5.41) is 6.06. The summed E-state index contributed by atoms with van der Waals surface area (Å²) in [4.78, 5) is 0. The topological polar surface area (TPSA) is 75.9 Å². The molecule has 0 rings (SSSR count). The monoisotopic (exact) mass is 188 g/mol. The van der Waals surface area contributed by atoms with Gasteiger partial charge in [-0.05, 0) is 0 Å². The summed E-state index contributed by atoms with van der Waals surface area (Å²) in [6.07, 6.45) is 0. The van der Waals surface area contributed by atoms with Crippen molar-refractivity contribution in [1.29, 1.82) is 5.41 Å². The maximum absolute atomic E-state index is 6.06. The molecule has 0 spiro atoms. The fraction of sp³-hybridized carbons (Fsp3) is 0. The lowest BCUT2D eigenvalue weighted by Crippen LogP contribution is -3.00. The Balaban J connectivity index is 0. The van der Waals surface area contributed by atoms with Crippen LogP contribution in [0.4, 0.5) is 0 Å². The van der Waals surface area contributed by atoms with Crippen LogP contribution < -0.4 is 35.4 Å². The first-order chi connectivity index (χ1) is 1.73. The first-order valence-electron chi connectivity index (χ1n) is 0.827. The van der Waals surface area contributed by atoms with Crippen molar-refractivity contribution >= 4 is 5.96 Å². The van der Waals surface area contributed by atoms with E-state index in [0.29, 0.717) is 0 Å². The summed E-state index contributed by atoms with van der Waals surface area (Å²) in [5.74, 6) is -0.333. The highest BCUT2D eigenvalue weighted by Gasteiger charge is 1.52. The summed E-state index contributed by atoms with van der Waals surface area (Å²) in [6, 6.07) is 0. The fourth-order valence-corrected chi connectivity index (χ4v) is 0. The van der Waals surface area contributed by atoms with Gasteiger partial charge >= 0.3 is 0 Å². The number of halogens is 1. The van der Waals surface area contributed by atoms with Crippen LogP contribution >= 0.6 is 0 Å². The molecule has 0 aromatic carbocycles. The van der Waals surface area contributed by atoms with Gasteiger partial charge in [0.2, 0.25) is 24.0 Å². The van der Waals surface area contributed by atoms with Crippen molar-refractivity contribution in [3.05, 3.63) is 0 Å². The Hall–Kier alpha value is 0. The molecule has 5 heavy (non-hydrogen) atoms. The molecule has 0 radical (unpaired) electrons. The van der Waals surface area contributed by atoms with Crippen molar-refractivity contribution in [3.8, 4) is 0 Å². The molecule has 0 aliphatic rings. The third kappa shape index (κ3) is 0. The van der Waals surface area contributed by atoms with Crippen LogP contribution in [0.2, 0.25) is 0 Å². The standard InChI is InChI=1S/CH5N3.H2I/c2-1(3)4;/h(H5,2,3,4);1H2/q;+1. The lowest BCUT2D eigenvalue weighted by Gasteiger charge is -1.69. The molecule has 0 amide bonds. The van der Waals surface area contributed by atoms with E-state index in [1.807, 2.05) is 0 Å². The molecule has 0 heterocycles. The lowest BCUT2D eigenvalue weighted by molar-refractivity contribution is -0.00000147. The normalized spacial score (nSPS) is 4.80. The first kappa shape index (κ1) is 8.89. The van der Waals surface area contributed by atoms with Crippen LogP contribution in [-0.2, 0) is 0 Å². The highest BCUT2D eigenvalue weighted by atomic mass is 127. The van der Waals surface area contributed by atoms with Gasteiger partial charge in [0.1, 0.15) is 0 Å². The molecule has 4 heteroatoms. The predicted molar refractivity (Wildman–Crippen MR) is 18.9 cm³/mol. The molecule has 0 aromatic rings. The minimum Gasteiger partial charge on any atom is -0.370 e. The third-order valence-electron chi connectivity index (χ3n) is 0. The van der Waals surface area contributed by atoms with Crippen molar-refractivity contribution in [2.24, 2.45) is 11.5 Å². The zero-order chi connectivity index (χ0) is 3.58. The Morgan fingerprint density at radius 3 is 1.40 bits per heavy atom. The number of hydrogen-bond acceptors (Lipinski definition) is 1. The lowest BCUT2D eigenvalue weighted by atomic mass is 11.1. The maximum Gasteiger partial charge on any atom is 0.235 e. The van der Waals surface area contributed by atoms with E-state index < -0.39 is 0 Å². The predicted octanol–water partition coefficient (Wildman–Crippen LogP) is -4.69. The van der Waals surface area contributed by atoms with Gasteiger partial charge in [0, 0.05) is 0 Å². The number of hydrogen-bond donors (Lipinski definition) is 3. The van der Waals surface area contributed by atoms with Crippen molar-refractivity contribution in [3.63, 3.8) is 0 Å². The first-order valence-corrected chi connectivity index (χ1v) is 0.827. The van der Waals surface area contributed by atoms with Crippen LogP contribution in [0.15, 0.2) is 0 Å². The highest BCUT2D eigenvalue weighted by Crippen LogP contribution is 1.13. The molecule has 0 aliphatic heterocycles. The van der Waals surface area contributed by atoms with E-state index in [1.54, 1.807) is 0 Å². The molecular weight excluding hydrogens is 181 g/mol. The number of guanidine groups is 1. The van der Waals surface area contributed by atoms with E-state index >= 15 is 0 Å². The molecule has 3 nitrogen and oxygen atoms in total. The smallest absolute Gasteiger partial charge is 0.235 e. The van der Waals surface area contributed by atoms with Crippen molar-refractivity contribution in [1.82, 2.24) is 0 Å². The molecule has 5 N–H and O–H groups in total. The van der Waals surface area contributed by atoms with E-state index in [2.05, 4.69) is 11.5 Å². The van der Waals surface area contributed by atoms with Crippen molar-refractivity contribution in [2.75, 3.05) is 0 Å². The van der Waals surface area contributed by atoms with Gasteiger partial charge in [-0.2, -0.15) is 0 Å². The summed E-state index contributed by atoms with van der Waals surface area (Å²) in [7, 11) is 0. The zero-order valence-electron chi connectivity index (χ0n) is 2.60. The molecule has 32 valence electrons. The van der Waals surface area contributed by atoms with Gasteiger partial charge in [-0.25, -0.2) is 0 Å². The molecule has 0 unspecified atom stereocenters. The van der Waals surface area contributed by atoms with Gasteiger partial charge in [0.05, 0.1) is 0 Å². The Bertz CT molecular complexity index is 29.9. The van der Waals surface area contributed by atoms with Gasteiger partial charge in [0.25, 0.3) is 0 Å². The SMILES string of the molecule is N=C(N)N.[IH2+]. The van der Waals surface area contributed by atoms with Crippen LogP contribution in [0, 0.1) is 5.41 Å². The minimum absolute atomic E-state index is 0. The van der Waals surface area contributed by atoms with E-state index in [1.165, 1.54) is 0 Å². The van der Waals surface area contributed by atoms with Gasteiger partial charge in [-0.1, -0.05) is 0 Å². The second-order valence-electron chi connectivity index (χ2n) is 0.455. The van der Waals surface area contributed by atoms with E-state index in [-0.39, 0.29) is 29.9 Å². The van der Waals surface area contributed by atoms with Gasteiger partial charge in [-0.15, -0.1) is 0 Å². The molecule has 0 fully saturated rings. The van der Waals surface area contributed by atoms with E-state index in [0.717, 1.165) is 0 Å². The summed E-state index contributed by atoms with van der Waals surface area (Å²) in [6.45, 7) is 0. The Morgan fingerprint density at radius 1 is 1.40 bits per heavy atom. The molecule has 0 saturated carbocycles. The van der Waals surface area contributed by atoms with Crippen LogP contribution in [0.1, 0.15) is 0 Å². The molecule has 0 atom stereocenters. The van der Waals surface area contributed by atoms with Gasteiger partial charge < -0.3 is 11.5 Å². The summed E-state index contributed by atoms with van der Waals surface area (Å²) in [5.41, 5.74) is 8.94. The molecule has 0 aromatic heterocycles. The molecule has 0 aliphatic carbocycles. The Kier molecular flexibility index (Phi) is 7.11. The van der Waals surface area contributed by atoms with Crippen LogP contribution in [-0.4, -0.2) is 5.96 Å². The van der Waals surface area contributed by atoms with Gasteiger partial charge in [0.15, 0.2) is 5.96 Å². The van der Waals surface area contributed by atoms with Crippen molar-refractivity contribution < 1.29 is 24.0 Å². The largest absolute Gasteiger partial charge is 0.370 e. The van der Waals surface area contributed by atoms with Crippen LogP contribution in [0.5, 0.6) is 0 Å². The minimum atomic E-state index is -0.333. The highest BCUT2D eigenvalue weighted by molar-refractivity contribution is 5.71. The maximum atomic E-state index is 6.06. The van der Waals surface area contributed by atoms with Crippen LogP contribution in [0.25, 0.3) is 0 Å². The average Bonchev–Trinajstić information content (AvgIpc) is 0.811. The van der Waals surface area contributed by atoms with E-state index in [9.17, 15) is 0 Å². The Morgan fingerprint density at radius 2 is 1.40 bits per heavy atom. The number of nitrogens with two attached hydrogens (primary N) is 2. The fourth-order valence-electron chi connectivity index (χ4n) is 0. The number of rotatable bonds is 0. The second kappa shape index (κ2) is 4.00. The number of nitrogens with one attached hydrogen (secondary N) is 1. The zero-order valence-corrected chi connectivity index (χ0v) is 5.15. The summed E-state index contributed by atoms with van der Waals surface area (Å²) >= 11 is 0. The van der Waals surface area contributed by atoms with E-state index in [4.69, 9.17) is 5.41 Å². The average molecular weight is 188 g/mol. The molecular formula is CH7IN3+. The Labute approximate surface area is 47.2 Å². The second-order valence-corrected chi connectivity index (χ2v) is 0.455. The van der Waals surface area contributed by atoms with Crippen LogP contribution in [0.3, 0.4) is 0 Å². The van der Waals surface area contributed by atoms with Gasteiger partial charge in [-0.3, -0.25) is 5.41 Å². The molecule has 0 saturated heterocycles. The molecule has 0 bridgehead atoms. The quantitative estimate of drug-likeness (QED) is 0.203.